The number of halogens is 6. The molecule has 2 nitrogen and oxygen atoms in total. The summed E-state index contributed by atoms with van der Waals surface area (Å²) in [6, 6.07) is 3.49. The van der Waals surface area contributed by atoms with Gasteiger partial charge in [0.1, 0.15) is 6.42 Å². The molecule has 0 radical (unpaired) electrons. The minimum atomic E-state index is -4.82. The van der Waals surface area contributed by atoms with Crippen LogP contribution in [0.1, 0.15) is 28.8 Å². The minimum absolute atomic E-state index is 0.0385. The van der Waals surface area contributed by atoms with Gasteiger partial charge in [-0.25, -0.2) is 0 Å². The molecule has 1 aliphatic rings. The van der Waals surface area contributed by atoms with Crippen LogP contribution in [-0.2, 0) is 5.54 Å². The van der Waals surface area contributed by atoms with Crippen LogP contribution in [0.4, 0.5) is 26.3 Å². The van der Waals surface area contributed by atoms with Crippen molar-refractivity contribution in [3.8, 4) is 0 Å². The normalized spacial score (nSPS) is 20.8. The van der Waals surface area contributed by atoms with Crippen molar-refractivity contribution in [1.29, 1.82) is 0 Å². The number of thioether (sulfide) groups is 1. The molecule has 136 valence electrons. The first-order chi connectivity index (χ1) is 11.4. The monoisotopic (exact) mass is 381 g/mol. The average molecular weight is 381 g/mol. The molecular weight excluding hydrogens is 368 g/mol. The fourth-order valence-corrected chi connectivity index (χ4v) is 3.35. The Bertz CT molecular complexity index is 722. The Balaban J connectivity index is 2.57. The Morgan fingerprint density at radius 3 is 2.36 bits per heavy atom. The maximum atomic E-state index is 13.0. The molecule has 9 heteroatoms. The van der Waals surface area contributed by atoms with Crippen molar-refractivity contribution in [3.63, 3.8) is 0 Å². The van der Waals surface area contributed by atoms with Gasteiger partial charge in [-0.2, -0.15) is 26.3 Å². The SMILES string of the molecule is NC1(c2cccc(C(=O)CC(F)(F)F)c2SC(F)(F)F)C=CC=CC1. The molecule has 2 N–H and O–H groups in total. The zero-order valence-corrected chi connectivity index (χ0v) is 13.4. The van der Waals surface area contributed by atoms with E-state index in [0.29, 0.717) is 0 Å². The number of nitrogens with two attached hydrogens (primary N) is 1. The Labute approximate surface area is 143 Å². The first-order valence-electron chi connectivity index (χ1n) is 7.04. The molecule has 0 spiro atoms. The first kappa shape index (κ1) is 19.6. The third-order valence-corrected chi connectivity index (χ3v) is 4.37. The van der Waals surface area contributed by atoms with Gasteiger partial charge in [0.2, 0.25) is 0 Å². The van der Waals surface area contributed by atoms with Crippen molar-refractivity contribution in [3.05, 3.63) is 53.6 Å². The number of carbonyl (C=O) groups excluding carboxylic acids is 1. The number of carbonyl (C=O) groups is 1. The number of rotatable bonds is 4. The number of ketones is 1. The summed E-state index contributed by atoms with van der Waals surface area (Å²) in [5.74, 6) is -1.43. The highest BCUT2D eigenvalue weighted by molar-refractivity contribution is 8.00. The van der Waals surface area contributed by atoms with Gasteiger partial charge in [-0.1, -0.05) is 42.5 Å². The number of benzene rings is 1. The molecule has 1 unspecified atom stereocenters. The zero-order valence-electron chi connectivity index (χ0n) is 12.6. The Morgan fingerprint density at radius 2 is 1.84 bits per heavy atom. The van der Waals surface area contributed by atoms with Crippen LogP contribution in [0.15, 0.2) is 47.4 Å². The molecule has 0 aliphatic heterocycles. The smallest absolute Gasteiger partial charge is 0.318 e. The molecule has 0 bridgehead atoms. The molecule has 0 saturated heterocycles. The molecule has 0 fully saturated rings. The summed E-state index contributed by atoms with van der Waals surface area (Å²) < 4.78 is 76.3. The highest BCUT2D eigenvalue weighted by Crippen LogP contribution is 2.45. The van der Waals surface area contributed by atoms with Crippen LogP contribution in [0.2, 0.25) is 0 Å². The summed E-state index contributed by atoms with van der Waals surface area (Å²) in [4.78, 5) is 11.3. The molecule has 0 saturated carbocycles. The molecule has 1 aliphatic carbocycles. The molecule has 0 amide bonds. The van der Waals surface area contributed by atoms with E-state index in [4.69, 9.17) is 5.73 Å². The van der Waals surface area contributed by atoms with E-state index in [1.54, 1.807) is 12.2 Å². The van der Waals surface area contributed by atoms with Gasteiger partial charge >= 0.3 is 11.7 Å². The Hall–Kier alpha value is -1.74. The van der Waals surface area contributed by atoms with Gasteiger partial charge in [-0.05, 0) is 23.7 Å². The second-order valence-electron chi connectivity index (χ2n) is 5.48. The van der Waals surface area contributed by atoms with E-state index < -0.39 is 51.6 Å². The van der Waals surface area contributed by atoms with E-state index in [2.05, 4.69) is 0 Å². The van der Waals surface area contributed by atoms with Gasteiger partial charge in [0.25, 0.3) is 0 Å². The van der Waals surface area contributed by atoms with Crippen LogP contribution in [0.25, 0.3) is 0 Å². The number of allylic oxidation sites excluding steroid dienone is 2. The number of alkyl halides is 6. The van der Waals surface area contributed by atoms with Gasteiger partial charge < -0.3 is 5.73 Å². The lowest BCUT2D eigenvalue weighted by Gasteiger charge is -2.30. The third-order valence-electron chi connectivity index (χ3n) is 3.49. The molecule has 0 aromatic heterocycles. The summed E-state index contributed by atoms with van der Waals surface area (Å²) in [6.45, 7) is 0. The molecule has 0 heterocycles. The van der Waals surface area contributed by atoms with E-state index in [1.807, 2.05) is 0 Å². The summed E-state index contributed by atoms with van der Waals surface area (Å²) in [6.07, 6.45) is -0.217. The van der Waals surface area contributed by atoms with Crippen LogP contribution in [0.5, 0.6) is 0 Å². The first-order valence-corrected chi connectivity index (χ1v) is 7.85. The predicted molar refractivity (Wildman–Crippen MR) is 82.1 cm³/mol. The second kappa shape index (κ2) is 6.87. The lowest BCUT2D eigenvalue weighted by atomic mass is 9.83. The van der Waals surface area contributed by atoms with E-state index in [1.165, 1.54) is 24.3 Å². The maximum Gasteiger partial charge on any atom is 0.446 e. The topological polar surface area (TPSA) is 43.1 Å². The van der Waals surface area contributed by atoms with Crippen LogP contribution in [0.3, 0.4) is 0 Å². The summed E-state index contributed by atoms with van der Waals surface area (Å²) >= 11 is -0.626. The van der Waals surface area contributed by atoms with E-state index in [9.17, 15) is 31.1 Å². The quantitative estimate of drug-likeness (QED) is 0.448. The Kier molecular flexibility index (Phi) is 5.38. The highest BCUT2D eigenvalue weighted by Gasteiger charge is 2.39. The average Bonchev–Trinajstić information content (AvgIpc) is 2.44. The molecule has 1 atom stereocenters. The summed E-state index contributed by atoms with van der Waals surface area (Å²) in [5, 5.41) is 0. The van der Waals surface area contributed by atoms with Crippen LogP contribution in [0, 0.1) is 0 Å². The van der Waals surface area contributed by atoms with Crippen molar-refractivity contribution in [2.45, 2.75) is 35.0 Å². The lowest BCUT2D eigenvalue weighted by molar-refractivity contribution is -0.125. The molecule has 25 heavy (non-hydrogen) atoms. The van der Waals surface area contributed by atoms with Gasteiger partial charge in [-0.3, -0.25) is 4.79 Å². The third kappa shape index (κ3) is 5.12. The molecule has 1 aromatic rings. The number of Topliss-reactive ketones (excluding diaryl/α,β-unsaturated/α-hetero) is 1. The molecule has 1 aromatic carbocycles. The van der Waals surface area contributed by atoms with Gasteiger partial charge in [0.15, 0.2) is 5.78 Å². The summed E-state index contributed by atoms with van der Waals surface area (Å²) in [5.41, 5.74) is -0.649. The number of hydrogen-bond acceptors (Lipinski definition) is 3. The van der Waals surface area contributed by atoms with Crippen LogP contribution >= 0.6 is 11.8 Å². The fourth-order valence-electron chi connectivity index (χ4n) is 2.46. The van der Waals surface area contributed by atoms with Crippen molar-refractivity contribution in [1.82, 2.24) is 0 Å². The van der Waals surface area contributed by atoms with Crippen molar-refractivity contribution in [2.24, 2.45) is 5.73 Å². The molecule has 2 rings (SSSR count). The second-order valence-corrected chi connectivity index (χ2v) is 6.55. The van der Waals surface area contributed by atoms with Crippen molar-refractivity contribution in [2.75, 3.05) is 0 Å². The minimum Gasteiger partial charge on any atom is -0.318 e. The van der Waals surface area contributed by atoms with Crippen molar-refractivity contribution < 1.29 is 31.1 Å². The lowest BCUT2D eigenvalue weighted by Crippen LogP contribution is -2.36. The standard InChI is InChI=1S/C16H13F6NOS/c17-15(18,19)9-12(24)10-5-4-6-11(13(10)25-16(20,21)22)14(23)7-2-1-3-8-14/h1-7H,8-9,23H2. The van der Waals surface area contributed by atoms with E-state index in [0.717, 1.165) is 6.07 Å². The Morgan fingerprint density at radius 1 is 1.16 bits per heavy atom. The van der Waals surface area contributed by atoms with Gasteiger partial charge in [-0.15, -0.1) is 0 Å². The van der Waals surface area contributed by atoms with E-state index in [-0.39, 0.29) is 12.0 Å². The van der Waals surface area contributed by atoms with E-state index >= 15 is 0 Å². The van der Waals surface area contributed by atoms with Crippen LogP contribution < -0.4 is 5.73 Å². The highest BCUT2D eigenvalue weighted by atomic mass is 32.2. The van der Waals surface area contributed by atoms with Gasteiger partial charge in [0.05, 0.1) is 5.54 Å². The maximum absolute atomic E-state index is 13.0. The number of hydrogen-bond donors (Lipinski definition) is 1. The van der Waals surface area contributed by atoms with Crippen molar-refractivity contribution >= 4 is 17.5 Å². The zero-order chi connectivity index (χ0) is 18.9. The largest absolute Gasteiger partial charge is 0.446 e. The van der Waals surface area contributed by atoms with Crippen LogP contribution in [-0.4, -0.2) is 17.5 Å². The molecular formula is C16H13F6NOS. The predicted octanol–water partition coefficient (Wildman–Crippen LogP) is 5.10. The summed E-state index contributed by atoms with van der Waals surface area (Å²) in [7, 11) is 0. The van der Waals surface area contributed by atoms with Gasteiger partial charge in [0, 0.05) is 10.5 Å². The fraction of sp³-hybridized carbons (Fsp3) is 0.312.